The Kier molecular flexibility index (Phi) is 4.35. The summed E-state index contributed by atoms with van der Waals surface area (Å²) in [5.74, 6) is 2.03. The van der Waals surface area contributed by atoms with E-state index in [0.717, 1.165) is 5.56 Å². The Morgan fingerprint density at radius 1 is 1.33 bits per heavy atom. The van der Waals surface area contributed by atoms with Gasteiger partial charge in [-0.2, -0.15) is 0 Å². The predicted molar refractivity (Wildman–Crippen MR) is 78.4 cm³/mol. The number of hydrogen-bond acceptors (Lipinski definition) is 4. The van der Waals surface area contributed by atoms with E-state index in [0.29, 0.717) is 0 Å². The van der Waals surface area contributed by atoms with Gasteiger partial charge in [-0.1, -0.05) is 23.6 Å². The third kappa shape index (κ3) is 2.94. The quantitative estimate of drug-likeness (QED) is 0.591. The van der Waals surface area contributed by atoms with E-state index < -0.39 is 22.0 Å². The van der Waals surface area contributed by atoms with Crippen LogP contribution in [-0.4, -0.2) is 50.8 Å². The smallest absolute Gasteiger partial charge is 0.256 e. The van der Waals surface area contributed by atoms with Gasteiger partial charge in [-0.3, -0.25) is 4.79 Å². The molecule has 0 N–H and O–H groups in total. The van der Waals surface area contributed by atoms with Crippen molar-refractivity contribution in [1.29, 1.82) is 0 Å². The molecule has 6 heteroatoms. The highest BCUT2D eigenvalue weighted by molar-refractivity contribution is 7.91. The molecule has 0 radical (unpaired) electrons. The number of hydrogen-bond donors (Lipinski definition) is 0. The minimum atomic E-state index is -3.43. The van der Waals surface area contributed by atoms with Gasteiger partial charge in [0.15, 0.2) is 15.9 Å². The van der Waals surface area contributed by atoms with Crippen molar-refractivity contribution in [2.45, 2.75) is 24.0 Å². The third-order valence-electron chi connectivity index (χ3n) is 3.55. The van der Waals surface area contributed by atoms with E-state index in [1.807, 2.05) is 6.92 Å². The Morgan fingerprint density at radius 2 is 1.95 bits per heavy atom. The lowest BCUT2D eigenvalue weighted by atomic mass is 9.99. The second-order valence-corrected chi connectivity index (χ2v) is 7.04. The summed E-state index contributed by atoms with van der Waals surface area (Å²) >= 11 is 0. The lowest BCUT2D eigenvalue weighted by molar-refractivity contribution is -0.164. The number of likely N-dealkylation sites (tertiary alicyclic amines) is 1. The zero-order chi connectivity index (χ0) is 15.6. The van der Waals surface area contributed by atoms with Crippen LogP contribution in [0.1, 0.15) is 5.56 Å². The molecule has 112 valence electrons. The predicted octanol–water partition coefficient (Wildman–Crippen LogP) is 0.628. The largest absolute Gasteiger partial charge is 0.368 e. The molecule has 2 rings (SSSR count). The van der Waals surface area contributed by atoms with E-state index in [2.05, 4.69) is 5.92 Å². The number of β-lactam (4-membered cyclic amide) rings is 1. The third-order valence-corrected chi connectivity index (χ3v) is 5.27. The van der Waals surface area contributed by atoms with Gasteiger partial charge >= 0.3 is 0 Å². The summed E-state index contributed by atoms with van der Waals surface area (Å²) in [7, 11) is -2.02. The number of aryl methyl sites for hydroxylation is 1. The van der Waals surface area contributed by atoms with Gasteiger partial charge in [0.1, 0.15) is 6.04 Å². The standard InChI is InChI=1S/C15H17NO4S/c1-4-13-14(20-3)15(17)16(13)9-10-21(18,19)12-7-5-11(2)6-8-12/h1,5-8,13-14H,9-10H2,2-3H3/t13-,14-/m0/s1. The normalized spacial score (nSPS) is 21.8. The van der Waals surface area contributed by atoms with E-state index in [-0.39, 0.29) is 23.1 Å². The highest BCUT2D eigenvalue weighted by atomic mass is 32.2. The number of methoxy groups -OCH3 is 1. The van der Waals surface area contributed by atoms with Crippen LogP contribution in [0.2, 0.25) is 0 Å². The molecule has 1 aromatic carbocycles. The molecule has 0 bridgehead atoms. The number of rotatable bonds is 5. The van der Waals surface area contributed by atoms with E-state index in [1.54, 1.807) is 24.3 Å². The molecular weight excluding hydrogens is 290 g/mol. The molecule has 5 nitrogen and oxygen atoms in total. The number of nitrogens with zero attached hydrogens (tertiary/aromatic N) is 1. The Morgan fingerprint density at radius 3 is 2.48 bits per heavy atom. The lowest BCUT2D eigenvalue weighted by Crippen LogP contribution is -2.65. The molecule has 1 heterocycles. The number of sulfone groups is 1. The van der Waals surface area contributed by atoms with Gasteiger partial charge in [-0.25, -0.2) is 8.42 Å². The molecule has 1 fully saturated rings. The van der Waals surface area contributed by atoms with Crippen molar-refractivity contribution < 1.29 is 17.9 Å². The van der Waals surface area contributed by atoms with Gasteiger partial charge in [-0.15, -0.1) is 6.42 Å². The van der Waals surface area contributed by atoms with Gasteiger partial charge in [-0.05, 0) is 19.1 Å². The van der Waals surface area contributed by atoms with Crippen molar-refractivity contribution in [3.63, 3.8) is 0 Å². The van der Waals surface area contributed by atoms with Gasteiger partial charge in [0, 0.05) is 13.7 Å². The summed E-state index contributed by atoms with van der Waals surface area (Å²) in [6.07, 6.45) is 4.69. The first-order valence-corrected chi connectivity index (χ1v) is 8.15. The average molecular weight is 307 g/mol. The summed E-state index contributed by atoms with van der Waals surface area (Å²) in [6, 6.07) is 6.13. The van der Waals surface area contributed by atoms with Crippen molar-refractivity contribution >= 4 is 15.7 Å². The van der Waals surface area contributed by atoms with Crippen LogP contribution in [0, 0.1) is 19.3 Å². The maximum atomic E-state index is 12.2. The first-order valence-electron chi connectivity index (χ1n) is 6.49. The van der Waals surface area contributed by atoms with Crippen LogP contribution in [0.3, 0.4) is 0 Å². The van der Waals surface area contributed by atoms with Crippen LogP contribution in [-0.2, 0) is 19.4 Å². The molecule has 0 aliphatic carbocycles. The summed E-state index contributed by atoms with van der Waals surface area (Å²) in [5.41, 5.74) is 0.988. The van der Waals surface area contributed by atoms with Crippen molar-refractivity contribution in [3.05, 3.63) is 29.8 Å². The monoisotopic (exact) mass is 307 g/mol. The minimum absolute atomic E-state index is 0.0732. The van der Waals surface area contributed by atoms with Crippen LogP contribution in [0.15, 0.2) is 29.2 Å². The summed E-state index contributed by atoms with van der Waals surface area (Å²) in [4.78, 5) is 13.4. The Hall–Kier alpha value is -1.84. The van der Waals surface area contributed by atoms with Crippen molar-refractivity contribution in [2.75, 3.05) is 19.4 Å². The molecular formula is C15H17NO4S. The number of carbonyl (C=O) groups excluding carboxylic acids is 1. The summed E-state index contributed by atoms with van der Waals surface area (Å²) in [5, 5.41) is 0. The van der Waals surface area contributed by atoms with Crippen LogP contribution >= 0.6 is 0 Å². The maximum absolute atomic E-state index is 12.2. The van der Waals surface area contributed by atoms with Crippen molar-refractivity contribution in [3.8, 4) is 12.3 Å². The molecule has 0 aromatic heterocycles. The van der Waals surface area contributed by atoms with Crippen LogP contribution < -0.4 is 0 Å². The lowest BCUT2D eigenvalue weighted by Gasteiger charge is -2.43. The first-order chi connectivity index (χ1) is 9.90. The van der Waals surface area contributed by atoms with E-state index >= 15 is 0 Å². The summed E-state index contributed by atoms with van der Waals surface area (Å²) in [6.45, 7) is 1.96. The second-order valence-electron chi connectivity index (χ2n) is 4.93. The first kappa shape index (κ1) is 15.5. The van der Waals surface area contributed by atoms with Gasteiger partial charge < -0.3 is 9.64 Å². The van der Waals surface area contributed by atoms with Crippen molar-refractivity contribution in [2.24, 2.45) is 0 Å². The molecule has 21 heavy (non-hydrogen) atoms. The molecule has 1 aliphatic rings. The van der Waals surface area contributed by atoms with E-state index in [4.69, 9.17) is 11.2 Å². The topological polar surface area (TPSA) is 63.7 Å². The number of carbonyl (C=O) groups is 1. The number of ether oxygens (including phenoxy) is 1. The zero-order valence-electron chi connectivity index (χ0n) is 11.9. The number of amides is 1. The Labute approximate surface area is 124 Å². The van der Waals surface area contributed by atoms with Crippen LogP contribution in [0.25, 0.3) is 0 Å². The second kappa shape index (κ2) is 5.88. The fraction of sp³-hybridized carbons (Fsp3) is 0.400. The van der Waals surface area contributed by atoms with Gasteiger partial charge in [0.05, 0.1) is 10.6 Å². The zero-order valence-corrected chi connectivity index (χ0v) is 12.8. The number of benzene rings is 1. The molecule has 0 unspecified atom stereocenters. The molecule has 0 saturated carbocycles. The van der Waals surface area contributed by atoms with Crippen LogP contribution in [0.5, 0.6) is 0 Å². The van der Waals surface area contributed by atoms with Crippen molar-refractivity contribution in [1.82, 2.24) is 4.90 Å². The number of terminal acetylenes is 1. The van der Waals surface area contributed by atoms with E-state index in [1.165, 1.54) is 12.0 Å². The van der Waals surface area contributed by atoms with E-state index in [9.17, 15) is 13.2 Å². The maximum Gasteiger partial charge on any atom is 0.256 e. The highest BCUT2D eigenvalue weighted by Crippen LogP contribution is 2.22. The van der Waals surface area contributed by atoms with Gasteiger partial charge in [0.2, 0.25) is 0 Å². The fourth-order valence-electron chi connectivity index (χ4n) is 2.26. The molecule has 2 atom stereocenters. The summed E-state index contributed by atoms with van der Waals surface area (Å²) < 4.78 is 29.4. The van der Waals surface area contributed by atoms with Crippen LogP contribution in [0.4, 0.5) is 0 Å². The van der Waals surface area contributed by atoms with Gasteiger partial charge in [0.25, 0.3) is 5.91 Å². The molecule has 1 saturated heterocycles. The fourth-order valence-corrected chi connectivity index (χ4v) is 3.48. The highest BCUT2D eigenvalue weighted by Gasteiger charge is 2.46. The Balaban J connectivity index is 2.05. The SMILES string of the molecule is C#C[C@H]1[C@H](OC)C(=O)N1CCS(=O)(=O)c1ccc(C)cc1. The molecule has 1 aromatic rings. The Bertz CT molecular complexity index is 673. The molecule has 1 aliphatic heterocycles. The average Bonchev–Trinajstić information content (AvgIpc) is 2.45. The minimum Gasteiger partial charge on any atom is -0.368 e. The molecule has 1 amide bonds. The molecule has 0 spiro atoms.